The van der Waals surface area contributed by atoms with E-state index in [-0.39, 0.29) is 17.3 Å². The third kappa shape index (κ3) is 4.23. The lowest BCUT2D eigenvalue weighted by Crippen LogP contribution is -2.55. The highest BCUT2D eigenvalue weighted by molar-refractivity contribution is 7.89. The van der Waals surface area contributed by atoms with E-state index in [9.17, 15) is 8.42 Å². The van der Waals surface area contributed by atoms with E-state index in [1.807, 2.05) is 13.0 Å². The lowest BCUT2D eigenvalue weighted by molar-refractivity contribution is 0.0770. The third-order valence-electron chi connectivity index (χ3n) is 6.03. The number of sulfonamides is 1. The van der Waals surface area contributed by atoms with Crippen LogP contribution < -0.4 is 4.72 Å². The second-order valence-electron chi connectivity index (χ2n) is 7.70. The van der Waals surface area contributed by atoms with Crippen LogP contribution in [0.15, 0.2) is 30.5 Å². The summed E-state index contributed by atoms with van der Waals surface area (Å²) < 4.78 is 26.5. The van der Waals surface area contributed by atoms with Crippen LogP contribution in [-0.2, 0) is 15.4 Å². The topological polar surface area (TPSA) is 91.0 Å². The van der Waals surface area contributed by atoms with Gasteiger partial charge in [-0.3, -0.25) is 4.90 Å². The van der Waals surface area contributed by atoms with Gasteiger partial charge in [0.1, 0.15) is 5.69 Å². The second-order valence-corrected chi connectivity index (χ2v) is 9.74. The molecule has 8 heteroatoms. The molecule has 0 saturated carbocycles. The van der Waals surface area contributed by atoms with Gasteiger partial charge >= 0.3 is 0 Å². The number of nitrogens with zero attached hydrogens (tertiary/aromatic N) is 3. The Morgan fingerprint density at radius 3 is 2.85 bits per heavy atom. The molecule has 3 rings (SSSR count). The van der Waals surface area contributed by atoms with E-state index < -0.39 is 10.0 Å². The molecule has 0 amide bonds. The predicted molar refractivity (Wildman–Crippen MR) is 107 cm³/mol. The Bertz CT molecular complexity index is 868. The van der Waals surface area contributed by atoms with Crippen LogP contribution in [0.4, 0.5) is 0 Å². The largest absolute Gasteiger partial charge is 0.287 e. The van der Waals surface area contributed by atoms with Gasteiger partial charge < -0.3 is 0 Å². The zero-order chi connectivity index (χ0) is 19.7. The monoisotopic (exact) mass is 391 g/mol. The second kappa shape index (κ2) is 7.69. The van der Waals surface area contributed by atoms with Gasteiger partial charge in [-0.15, -0.1) is 0 Å². The van der Waals surface area contributed by atoms with Gasteiger partial charge in [0.05, 0.1) is 18.1 Å². The van der Waals surface area contributed by atoms with Crippen LogP contribution in [0.2, 0.25) is 0 Å². The number of hydrogen-bond donors (Lipinski definition) is 2. The molecule has 1 fully saturated rings. The van der Waals surface area contributed by atoms with Crippen LogP contribution in [0.1, 0.15) is 39.7 Å². The smallest absolute Gasteiger partial charge is 0.212 e. The molecule has 0 aliphatic carbocycles. The van der Waals surface area contributed by atoms with Crippen molar-refractivity contribution >= 4 is 10.0 Å². The first-order valence-electron chi connectivity index (χ1n) is 9.46. The summed E-state index contributed by atoms with van der Waals surface area (Å²) in [6.45, 7) is 9.83. The van der Waals surface area contributed by atoms with Crippen LogP contribution in [0, 0.1) is 5.92 Å². The Kier molecular flexibility index (Phi) is 5.69. The molecule has 148 valence electrons. The molecule has 0 bridgehead atoms. The molecule has 1 aromatic heterocycles. The first kappa shape index (κ1) is 20.0. The Hall–Kier alpha value is -1.77. The van der Waals surface area contributed by atoms with Crippen molar-refractivity contribution in [2.24, 2.45) is 5.92 Å². The number of nitrogens with one attached hydrogen (secondary N) is 2. The van der Waals surface area contributed by atoms with E-state index in [4.69, 9.17) is 0 Å². The summed E-state index contributed by atoms with van der Waals surface area (Å²) >= 11 is 0. The molecular weight excluding hydrogens is 362 g/mol. The zero-order valence-corrected chi connectivity index (χ0v) is 17.3. The molecule has 2 heterocycles. The first-order valence-corrected chi connectivity index (χ1v) is 11.1. The number of aromatic nitrogens is 3. The fourth-order valence-electron chi connectivity index (χ4n) is 3.84. The Labute approximate surface area is 161 Å². The van der Waals surface area contributed by atoms with Crippen molar-refractivity contribution in [1.82, 2.24) is 25.0 Å². The van der Waals surface area contributed by atoms with Crippen LogP contribution in [-0.4, -0.2) is 53.7 Å². The number of rotatable bonds is 6. The number of aromatic amines is 1. The first-order chi connectivity index (χ1) is 12.7. The van der Waals surface area contributed by atoms with Crippen LogP contribution in [0.25, 0.3) is 11.3 Å². The van der Waals surface area contributed by atoms with Crippen molar-refractivity contribution in [3.05, 3.63) is 36.0 Å². The van der Waals surface area contributed by atoms with Crippen molar-refractivity contribution in [1.29, 1.82) is 0 Å². The Balaban J connectivity index is 1.76. The van der Waals surface area contributed by atoms with Crippen LogP contribution in [0.5, 0.6) is 0 Å². The Morgan fingerprint density at radius 2 is 2.22 bits per heavy atom. The van der Waals surface area contributed by atoms with Gasteiger partial charge in [0.25, 0.3) is 0 Å². The van der Waals surface area contributed by atoms with E-state index in [0.29, 0.717) is 5.92 Å². The maximum Gasteiger partial charge on any atom is 0.212 e. The molecular formula is C19H29N5O2S. The fourth-order valence-corrected chi connectivity index (χ4v) is 4.68. The summed E-state index contributed by atoms with van der Waals surface area (Å²) in [4.78, 5) is 2.22. The van der Waals surface area contributed by atoms with E-state index >= 15 is 0 Å². The van der Waals surface area contributed by atoms with Gasteiger partial charge in [-0.05, 0) is 43.2 Å². The minimum Gasteiger partial charge on any atom is -0.287 e. The molecule has 1 aliphatic heterocycles. The minimum atomic E-state index is -3.20. The molecule has 7 nitrogen and oxygen atoms in total. The molecule has 3 unspecified atom stereocenters. The third-order valence-corrected chi connectivity index (χ3v) is 7.49. The molecule has 27 heavy (non-hydrogen) atoms. The molecule has 0 radical (unpaired) electrons. The number of benzene rings is 1. The molecule has 1 saturated heterocycles. The summed E-state index contributed by atoms with van der Waals surface area (Å²) in [5, 5.41) is 10.7. The molecule has 1 aliphatic rings. The number of likely N-dealkylation sites (tertiary alicyclic amines) is 1. The van der Waals surface area contributed by atoms with E-state index in [1.54, 1.807) is 13.1 Å². The maximum atomic E-state index is 11.9. The average Bonchev–Trinajstić information content (AvgIpc) is 3.18. The van der Waals surface area contributed by atoms with Gasteiger partial charge in [0.2, 0.25) is 10.0 Å². The number of piperidine rings is 1. The predicted octanol–water partition coefficient (Wildman–Crippen LogP) is 2.36. The summed E-state index contributed by atoms with van der Waals surface area (Å²) in [6, 6.07) is 8.50. The van der Waals surface area contributed by atoms with Crippen LogP contribution in [0.3, 0.4) is 0 Å². The van der Waals surface area contributed by atoms with Crippen molar-refractivity contribution in [2.45, 2.75) is 45.7 Å². The Morgan fingerprint density at radius 1 is 1.44 bits per heavy atom. The molecule has 2 N–H and O–H groups in total. The fraction of sp³-hybridized carbons (Fsp3) is 0.579. The standard InChI is InChI=1S/C19H29N5O2S/c1-5-27(25,26)22-15(3)24-10-9-19(4,14(2)13-24)17-8-6-7-16(11-17)18-12-20-23-21-18/h6-8,11-12,14-15,22H,5,9-10,13H2,1-4H3,(H,20,21,23). The van der Waals surface area contributed by atoms with Crippen molar-refractivity contribution < 1.29 is 8.42 Å². The van der Waals surface area contributed by atoms with E-state index in [1.165, 1.54) is 5.56 Å². The van der Waals surface area contributed by atoms with Gasteiger partial charge in [0, 0.05) is 18.7 Å². The summed E-state index contributed by atoms with van der Waals surface area (Å²) in [6.07, 6.45) is 2.51. The normalized spacial score (nSPS) is 25.4. The van der Waals surface area contributed by atoms with Crippen molar-refractivity contribution in [2.75, 3.05) is 18.8 Å². The molecule has 1 aromatic carbocycles. The highest BCUT2D eigenvalue weighted by atomic mass is 32.2. The van der Waals surface area contributed by atoms with Gasteiger partial charge in [-0.2, -0.15) is 20.1 Å². The quantitative estimate of drug-likeness (QED) is 0.789. The maximum absolute atomic E-state index is 11.9. The van der Waals surface area contributed by atoms with Crippen molar-refractivity contribution in [3.8, 4) is 11.3 Å². The van der Waals surface area contributed by atoms with Gasteiger partial charge in [-0.1, -0.05) is 32.0 Å². The molecule has 3 atom stereocenters. The molecule has 2 aromatic rings. The van der Waals surface area contributed by atoms with E-state index in [0.717, 1.165) is 30.8 Å². The van der Waals surface area contributed by atoms with Gasteiger partial charge in [0.15, 0.2) is 0 Å². The lowest BCUT2D eigenvalue weighted by Gasteiger charge is -2.47. The average molecular weight is 392 g/mol. The zero-order valence-electron chi connectivity index (χ0n) is 16.4. The highest BCUT2D eigenvalue weighted by Crippen LogP contribution is 2.40. The summed E-state index contributed by atoms with van der Waals surface area (Å²) in [5.74, 6) is 0.486. The van der Waals surface area contributed by atoms with E-state index in [2.05, 4.69) is 57.1 Å². The number of hydrogen-bond acceptors (Lipinski definition) is 5. The SMILES string of the molecule is CCS(=O)(=O)NC(C)N1CCC(C)(c2cccc(-c3cn[nH]n3)c2)C(C)C1. The number of H-pyrrole nitrogens is 1. The highest BCUT2D eigenvalue weighted by Gasteiger charge is 2.39. The lowest BCUT2D eigenvalue weighted by atomic mass is 9.67. The summed E-state index contributed by atoms with van der Waals surface area (Å²) in [7, 11) is -3.20. The van der Waals surface area contributed by atoms with Gasteiger partial charge in [-0.25, -0.2) is 8.42 Å². The molecule has 0 spiro atoms. The summed E-state index contributed by atoms with van der Waals surface area (Å²) in [5.41, 5.74) is 3.21. The minimum absolute atomic E-state index is 0.0274. The van der Waals surface area contributed by atoms with Crippen LogP contribution >= 0.6 is 0 Å². The van der Waals surface area contributed by atoms with Crippen molar-refractivity contribution in [3.63, 3.8) is 0 Å².